The van der Waals surface area contributed by atoms with Gasteiger partial charge >= 0.3 is 0 Å². The third kappa shape index (κ3) is 6.03. The molecule has 14 rings (SSSR count). The maximum atomic E-state index is 5.59. The van der Waals surface area contributed by atoms with Crippen LogP contribution in [0.5, 0.6) is 0 Å². The minimum absolute atomic E-state index is 0.536. The van der Waals surface area contributed by atoms with Crippen LogP contribution in [0.25, 0.3) is 143 Å². The summed E-state index contributed by atoms with van der Waals surface area (Å²) in [6, 6.07) is 66.0. The van der Waals surface area contributed by atoms with Gasteiger partial charge in [-0.25, -0.2) is 15.0 Å². The first kappa shape index (κ1) is 38.0. The normalized spacial score (nSPS) is 11.8. The molecule has 0 aliphatic carbocycles. The summed E-state index contributed by atoms with van der Waals surface area (Å²) in [7, 11) is 0. The minimum atomic E-state index is 0.536. The van der Waals surface area contributed by atoms with Crippen molar-refractivity contribution < 1.29 is 0 Å². The quantitative estimate of drug-likeness (QED) is 0.159. The molecule has 68 heavy (non-hydrogen) atoms. The summed E-state index contributed by atoms with van der Waals surface area (Å²) in [5.74, 6) is 1.64. The van der Waals surface area contributed by atoms with Crippen LogP contribution in [0, 0.1) is 0 Å². The van der Waals surface area contributed by atoms with Gasteiger partial charge in [0, 0.05) is 63.0 Å². The zero-order chi connectivity index (χ0) is 44.7. The van der Waals surface area contributed by atoms with E-state index in [0.29, 0.717) is 17.5 Å². The maximum Gasteiger partial charge on any atom is 0.165 e. The van der Waals surface area contributed by atoms with E-state index in [4.69, 9.17) is 34.9 Å². The van der Waals surface area contributed by atoms with Crippen molar-refractivity contribution in [3.63, 3.8) is 0 Å². The van der Waals surface area contributed by atoms with Gasteiger partial charge in [0.1, 0.15) is 0 Å². The topological polar surface area (TPSA) is 90.2 Å². The highest BCUT2D eigenvalue weighted by atomic mass is 15.0. The fourth-order valence-corrected chi connectivity index (χ4v) is 10.4. The maximum absolute atomic E-state index is 5.59. The van der Waals surface area contributed by atoms with Crippen LogP contribution in [0.1, 0.15) is 0 Å². The molecule has 7 nitrogen and oxygen atoms in total. The molecular formula is C61H35N7. The van der Waals surface area contributed by atoms with Crippen molar-refractivity contribution in [2.45, 2.75) is 0 Å². The van der Waals surface area contributed by atoms with Gasteiger partial charge in [-0.3, -0.25) is 19.9 Å². The molecular weight excluding hydrogens is 831 g/mol. The lowest BCUT2D eigenvalue weighted by molar-refractivity contribution is 1.08. The molecule has 0 bridgehead atoms. The summed E-state index contributed by atoms with van der Waals surface area (Å²) in [4.78, 5) is 36.2. The highest BCUT2D eigenvalue weighted by Gasteiger charge is 2.23. The lowest BCUT2D eigenvalue weighted by atomic mass is 9.88. The molecule has 5 aromatic heterocycles. The molecule has 0 amide bonds. The van der Waals surface area contributed by atoms with Gasteiger partial charge in [-0.15, -0.1) is 0 Å². The Balaban J connectivity index is 1.15. The van der Waals surface area contributed by atoms with E-state index < -0.39 is 0 Å². The molecule has 0 aliphatic rings. The average molecular weight is 866 g/mol. The monoisotopic (exact) mass is 865 g/mol. The van der Waals surface area contributed by atoms with Gasteiger partial charge in [-0.2, -0.15) is 0 Å². The molecule has 5 heterocycles. The van der Waals surface area contributed by atoms with E-state index in [-0.39, 0.29) is 0 Å². The fourth-order valence-electron chi connectivity index (χ4n) is 10.4. The highest BCUT2D eigenvalue weighted by Crippen LogP contribution is 2.44. The summed E-state index contributed by atoms with van der Waals surface area (Å²) in [5.41, 5.74) is 10.4. The second-order valence-electron chi connectivity index (χ2n) is 17.3. The molecule has 0 saturated carbocycles. The van der Waals surface area contributed by atoms with Crippen LogP contribution >= 0.6 is 0 Å². The average Bonchev–Trinajstić information content (AvgIpc) is 3.40. The zero-order valence-corrected chi connectivity index (χ0v) is 36.3. The van der Waals surface area contributed by atoms with Crippen LogP contribution in [0.15, 0.2) is 213 Å². The number of benzene rings is 9. The largest absolute Gasteiger partial charge is 0.256 e. The van der Waals surface area contributed by atoms with E-state index in [9.17, 15) is 0 Å². The number of aromatic nitrogens is 7. The Labute approximate surface area is 389 Å². The first-order chi connectivity index (χ1) is 33.7. The Bertz CT molecular complexity index is 3640. The molecule has 14 aromatic rings. The van der Waals surface area contributed by atoms with Crippen LogP contribution in [0.3, 0.4) is 0 Å². The van der Waals surface area contributed by atoms with Gasteiger partial charge in [0.05, 0.1) is 22.1 Å². The summed E-state index contributed by atoms with van der Waals surface area (Å²) in [6.07, 6.45) is 7.41. The molecule has 0 unspecified atom stereocenters. The molecule has 0 aliphatic heterocycles. The van der Waals surface area contributed by atoms with Crippen LogP contribution in [0.2, 0.25) is 0 Å². The van der Waals surface area contributed by atoms with E-state index >= 15 is 0 Å². The van der Waals surface area contributed by atoms with E-state index in [0.717, 1.165) is 126 Å². The van der Waals surface area contributed by atoms with Gasteiger partial charge in [0.15, 0.2) is 17.5 Å². The third-order valence-corrected chi connectivity index (χ3v) is 13.4. The van der Waals surface area contributed by atoms with Gasteiger partial charge in [-0.1, -0.05) is 121 Å². The Morgan fingerprint density at radius 3 is 0.868 bits per heavy atom. The molecule has 0 atom stereocenters. The zero-order valence-electron chi connectivity index (χ0n) is 36.3. The van der Waals surface area contributed by atoms with Crippen LogP contribution in [-0.4, -0.2) is 34.9 Å². The summed E-state index contributed by atoms with van der Waals surface area (Å²) < 4.78 is 0. The first-order valence-corrected chi connectivity index (χ1v) is 22.7. The molecule has 0 N–H and O–H groups in total. The van der Waals surface area contributed by atoms with Crippen molar-refractivity contribution >= 4 is 86.7 Å². The number of pyridine rings is 4. The molecule has 0 fully saturated rings. The van der Waals surface area contributed by atoms with Crippen molar-refractivity contribution in [1.82, 2.24) is 34.9 Å². The van der Waals surface area contributed by atoms with Gasteiger partial charge in [0.25, 0.3) is 0 Å². The first-order valence-electron chi connectivity index (χ1n) is 22.7. The van der Waals surface area contributed by atoms with Gasteiger partial charge < -0.3 is 0 Å². The molecule has 0 radical (unpaired) electrons. The lowest BCUT2D eigenvalue weighted by Gasteiger charge is -2.18. The smallest absolute Gasteiger partial charge is 0.165 e. The van der Waals surface area contributed by atoms with Crippen LogP contribution < -0.4 is 0 Å². The summed E-state index contributed by atoms with van der Waals surface area (Å²) in [5, 5.41) is 12.7. The van der Waals surface area contributed by atoms with Crippen molar-refractivity contribution in [1.29, 1.82) is 0 Å². The van der Waals surface area contributed by atoms with Crippen molar-refractivity contribution in [3.8, 4) is 56.4 Å². The fraction of sp³-hybridized carbons (Fsp3) is 0. The van der Waals surface area contributed by atoms with E-state index in [1.165, 1.54) is 0 Å². The van der Waals surface area contributed by atoms with E-state index in [1.54, 1.807) is 0 Å². The summed E-state index contributed by atoms with van der Waals surface area (Å²) in [6.45, 7) is 0. The molecule has 9 aromatic carbocycles. The minimum Gasteiger partial charge on any atom is -0.256 e. The third-order valence-electron chi connectivity index (χ3n) is 13.4. The standard InChI is InChI=1S/C61H35N7/c1-5-17-43-36(13-1)32-51-47(21-9-25-62-51)55(43)40-29-41(56-44-18-6-2-14-37(44)33-52-48(56)22-10-26-63-52)31-42(30-40)59-66-60(57-45-19-7-3-15-38(45)34-53-49(57)23-11-27-64-53)68-61(67-59)58-46-20-8-4-16-39(46)35-54-50(58)24-12-28-65-54/h1-35H. The Hall–Kier alpha value is -9.33. The van der Waals surface area contributed by atoms with Crippen molar-refractivity contribution in [3.05, 3.63) is 213 Å². The van der Waals surface area contributed by atoms with Crippen LogP contribution in [0.4, 0.5) is 0 Å². The Kier molecular flexibility index (Phi) is 8.45. The Morgan fingerprint density at radius 2 is 0.500 bits per heavy atom. The number of nitrogens with zero attached hydrogens (tertiary/aromatic N) is 7. The van der Waals surface area contributed by atoms with Gasteiger partial charge in [-0.05, 0) is 132 Å². The lowest BCUT2D eigenvalue weighted by Crippen LogP contribution is -2.03. The van der Waals surface area contributed by atoms with Crippen molar-refractivity contribution in [2.24, 2.45) is 0 Å². The highest BCUT2D eigenvalue weighted by molar-refractivity contribution is 6.16. The number of fused-ring (bicyclic) bond motifs is 8. The molecule has 314 valence electrons. The number of rotatable bonds is 5. The van der Waals surface area contributed by atoms with E-state index in [1.807, 2.05) is 49.1 Å². The molecule has 7 heteroatoms. The van der Waals surface area contributed by atoms with E-state index in [2.05, 4.69) is 164 Å². The Morgan fingerprint density at radius 1 is 0.221 bits per heavy atom. The summed E-state index contributed by atoms with van der Waals surface area (Å²) >= 11 is 0. The molecule has 0 spiro atoms. The predicted molar refractivity (Wildman–Crippen MR) is 278 cm³/mol. The van der Waals surface area contributed by atoms with Gasteiger partial charge in [0.2, 0.25) is 0 Å². The molecule has 0 saturated heterocycles. The van der Waals surface area contributed by atoms with Crippen LogP contribution in [-0.2, 0) is 0 Å². The SMILES string of the molecule is c1ccc2c(-c3cc(-c4nc(-c5c6ccccc6cc6ncccc56)nc(-c5c6ccccc6cc6ncccc56)n4)cc(-c4c5ccccc5cc5ncccc45)c3)c3cccnc3cc2c1. The number of hydrogen-bond acceptors (Lipinski definition) is 7. The predicted octanol–water partition coefficient (Wildman–Crippen LogP) is 15.0. The second kappa shape index (κ2) is 15.1. The number of hydrogen-bond donors (Lipinski definition) is 0. The van der Waals surface area contributed by atoms with Crippen molar-refractivity contribution in [2.75, 3.05) is 0 Å². The second-order valence-corrected chi connectivity index (χ2v) is 17.3.